The molecule has 21 heavy (non-hydrogen) atoms. The normalized spacial score (nSPS) is 11.5. The molecule has 0 aliphatic heterocycles. The van der Waals surface area contributed by atoms with Crippen LogP contribution < -0.4 is 4.74 Å². The fourth-order valence-electron chi connectivity index (χ4n) is 1.95. The molecular weight excluding hydrogens is 396 g/mol. The summed E-state index contributed by atoms with van der Waals surface area (Å²) in [7, 11) is 0. The maximum atomic E-state index is 12.1. The Labute approximate surface area is 134 Å². The summed E-state index contributed by atoms with van der Waals surface area (Å²) in [6, 6.07) is 11.7. The van der Waals surface area contributed by atoms with Crippen molar-refractivity contribution in [2.75, 3.05) is 0 Å². The summed E-state index contributed by atoms with van der Waals surface area (Å²) >= 11 is 1.84. The molecule has 6 heteroatoms. The summed E-state index contributed by atoms with van der Waals surface area (Å²) in [6.45, 7) is 2.49. The number of benzene rings is 2. The predicted molar refractivity (Wildman–Crippen MR) is 82.1 cm³/mol. The molecule has 0 heterocycles. The Bertz CT molecular complexity index is 609. The van der Waals surface area contributed by atoms with Crippen LogP contribution in [0, 0.1) is 6.92 Å². The van der Waals surface area contributed by atoms with Crippen LogP contribution in [0.25, 0.3) is 11.1 Å². The fourth-order valence-corrected chi connectivity index (χ4v) is 2.28. The smallest absolute Gasteiger partial charge is 0.406 e. The zero-order valence-electron chi connectivity index (χ0n) is 11.1. The first-order chi connectivity index (χ1) is 9.89. The highest BCUT2D eigenvalue weighted by Gasteiger charge is 2.30. The summed E-state index contributed by atoms with van der Waals surface area (Å²) < 4.78 is 45.2. The zero-order chi connectivity index (χ0) is 15.5. The standard InChI is InChI=1S/C15H12F3IO2/c1-10-8-12(2-3-13(10)9-20-19)11-4-6-14(7-5-11)21-15(16,17)18/h2-8H,9H2,1H3. The van der Waals surface area contributed by atoms with E-state index in [0.717, 1.165) is 22.3 Å². The minimum absolute atomic E-state index is 0.224. The number of ether oxygens (including phenoxy) is 1. The maximum absolute atomic E-state index is 12.1. The van der Waals surface area contributed by atoms with E-state index >= 15 is 0 Å². The molecular formula is C15H12F3IO2. The molecule has 0 saturated heterocycles. The van der Waals surface area contributed by atoms with Crippen molar-refractivity contribution in [1.29, 1.82) is 0 Å². The van der Waals surface area contributed by atoms with Crippen molar-refractivity contribution >= 4 is 23.0 Å². The number of rotatable bonds is 4. The molecule has 2 nitrogen and oxygen atoms in total. The Morgan fingerprint density at radius 3 is 2.14 bits per heavy atom. The average molecular weight is 408 g/mol. The quantitative estimate of drug-likeness (QED) is 0.629. The molecule has 0 spiro atoms. The van der Waals surface area contributed by atoms with Crippen LogP contribution in [0.3, 0.4) is 0 Å². The fraction of sp³-hybridized carbons (Fsp3) is 0.200. The van der Waals surface area contributed by atoms with Crippen molar-refractivity contribution in [2.24, 2.45) is 0 Å². The van der Waals surface area contributed by atoms with Gasteiger partial charge in [-0.25, -0.2) is 0 Å². The van der Waals surface area contributed by atoms with E-state index in [1.54, 1.807) is 12.1 Å². The monoisotopic (exact) mass is 408 g/mol. The molecule has 2 rings (SSSR count). The molecule has 2 aromatic carbocycles. The summed E-state index contributed by atoms with van der Waals surface area (Å²) in [5, 5.41) is 0. The zero-order valence-corrected chi connectivity index (χ0v) is 13.2. The minimum Gasteiger partial charge on any atom is -0.406 e. The molecule has 0 aliphatic rings. The topological polar surface area (TPSA) is 18.5 Å². The summed E-state index contributed by atoms with van der Waals surface area (Å²) in [5.41, 5.74) is 3.91. The first kappa shape index (κ1) is 16.1. The van der Waals surface area contributed by atoms with E-state index in [-0.39, 0.29) is 5.75 Å². The van der Waals surface area contributed by atoms with E-state index in [2.05, 4.69) is 4.74 Å². The number of hydrogen-bond donors (Lipinski definition) is 0. The number of halogens is 4. The Morgan fingerprint density at radius 1 is 1.00 bits per heavy atom. The first-order valence-corrected chi connectivity index (χ1v) is 6.96. The third-order valence-corrected chi connectivity index (χ3v) is 3.29. The van der Waals surface area contributed by atoms with Crippen LogP contribution in [0.15, 0.2) is 42.5 Å². The Morgan fingerprint density at radius 2 is 1.62 bits per heavy atom. The molecule has 0 bridgehead atoms. The molecule has 0 radical (unpaired) electrons. The lowest BCUT2D eigenvalue weighted by molar-refractivity contribution is -0.274. The Balaban J connectivity index is 2.21. The largest absolute Gasteiger partial charge is 0.573 e. The van der Waals surface area contributed by atoms with Crippen LogP contribution in [0.4, 0.5) is 13.2 Å². The van der Waals surface area contributed by atoms with E-state index in [1.165, 1.54) is 12.1 Å². The summed E-state index contributed by atoms with van der Waals surface area (Å²) in [6.07, 6.45) is -4.67. The average Bonchev–Trinajstić information content (AvgIpc) is 2.40. The summed E-state index contributed by atoms with van der Waals surface area (Å²) in [5.74, 6) is -0.224. The minimum atomic E-state index is -4.67. The van der Waals surface area contributed by atoms with E-state index in [0.29, 0.717) is 6.61 Å². The van der Waals surface area contributed by atoms with Crippen molar-refractivity contribution < 1.29 is 21.0 Å². The second-order valence-electron chi connectivity index (χ2n) is 4.47. The first-order valence-electron chi connectivity index (χ1n) is 6.08. The van der Waals surface area contributed by atoms with Crippen molar-refractivity contribution in [2.45, 2.75) is 19.9 Å². The molecule has 112 valence electrons. The molecule has 0 aliphatic carbocycles. The van der Waals surface area contributed by atoms with Crippen molar-refractivity contribution in [3.8, 4) is 16.9 Å². The van der Waals surface area contributed by atoms with Gasteiger partial charge in [0.1, 0.15) is 28.8 Å². The lowest BCUT2D eigenvalue weighted by Gasteiger charge is -2.10. The highest BCUT2D eigenvalue weighted by Crippen LogP contribution is 2.27. The molecule has 0 saturated carbocycles. The van der Waals surface area contributed by atoms with E-state index in [4.69, 9.17) is 3.07 Å². The van der Waals surface area contributed by atoms with Gasteiger partial charge in [0.25, 0.3) is 0 Å². The van der Waals surface area contributed by atoms with Gasteiger partial charge in [-0.3, -0.25) is 0 Å². The third-order valence-electron chi connectivity index (χ3n) is 2.97. The van der Waals surface area contributed by atoms with Gasteiger partial charge < -0.3 is 7.80 Å². The van der Waals surface area contributed by atoms with Crippen LogP contribution in [-0.4, -0.2) is 6.36 Å². The molecule has 2 aromatic rings. The van der Waals surface area contributed by atoms with Gasteiger partial charge in [-0.15, -0.1) is 13.2 Å². The second kappa shape index (κ2) is 6.65. The van der Waals surface area contributed by atoms with Gasteiger partial charge in [-0.05, 0) is 41.3 Å². The van der Waals surface area contributed by atoms with Crippen LogP contribution in [-0.2, 0) is 9.67 Å². The van der Waals surface area contributed by atoms with Gasteiger partial charge in [0, 0.05) is 0 Å². The second-order valence-corrected chi connectivity index (χ2v) is 5.09. The molecule has 0 fully saturated rings. The van der Waals surface area contributed by atoms with Gasteiger partial charge in [-0.2, -0.15) is 0 Å². The lowest BCUT2D eigenvalue weighted by atomic mass is 10.0. The van der Waals surface area contributed by atoms with Gasteiger partial charge in [-0.1, -0.05) is 30.3 Å². The van der Waals surface area contributed by atoms with Crippen LogP contribution in [0.1, 0.15) is 11.1 Å². The highest BCUT2D eigenvalue weighted by atomic mass is 127. The van der Waals surface area contributed by atoms with Crippen LogP contribution in [0.5, 0.6) is 5.75 Å². The molecule has 0 N–H and O–H groups in total. The predicted octanol–water partition coefficient (Wildman–Crippen LogP) is 5.43. The van der Waals surface area contributed by atoms with Crippen LogP contribution in [0.2, 0.25) is 0 Å². The number of hydrogen-bond acceptors (Lipinski definition) is 2. The maximum Gasteiger partial charge on any atom is 0.573 e. The van der Waals surface area contributed by atoms with E-state index in [1.807, 2.05) is 48.1 Å². The number of aryl methyl sites for hydroxylation is 1. The summed E-state index contributed by atoms with van der Waals surface area (Å²) in [4.78, 5) is 0. The number of alkyl halides is 3. The highest BCUT2D eigenvalue weighted by molar-refractivity contribution is 14.1. The molecule has 0 atom stereocenters. The van der Waals surface area contributed by atoms with E-state index < -0.39 is 6.36 Å². The van der Waals surface area contributed by atoms with Crippen molar-refractivity contribution in [3.63, 3.8) is 0 Å². The van der Waals surface area contributed by atoms with Gasteiger partial charge in [0.05, 0.1) is 6.61 Å². The van der Waals surface area contributed by atoms with Gasteiger partial charge in [0.2, 0.25) is 0 Å². The van der Waals surface area contributed by atoms with Gasteiger partial charge >= 0.3 is 6.36 Å². The van der Waals surface area contributed by atoms with Crippen molar-refractivity contribution in [1.82, 2.24) is 0 Å². The molecule has 0 amide bonds. The Hall–Kier alpha value is -1.28. The van der Waals surface area contributed by atoms with Gasteiger partial charge in [0.15, 0.2) is 0 Å². The third kappa shape index (κ3) is 4.60. The van der Waals surface area contributed by atoms with Crippen molar-refractivity contribution in [3.05, 3.63) is 53.6 Å². The lowest BCUT2D eigenvalue weighted by Crippen LogP contribution is -2.16. The SMILES string of the molecule is Cc1cc(-c2ccc(OC(F)(F)F)cc2)ccc1COI. The molecule has 0 unspecified atom stereocenters. The van der Waals surface area contributed by atoms with E-state index in [9.17, 15) is 13.2 Å². The van der Waals surface area contributed by atoms with Crippen LogP contribution >= 0.6 is 23.0 Å². The Kier molecular flexibility index (Phi) is 5.10. The molecule has 0 aromatic heterocycles.